The molecule has 1 N–H and O–H groups in total. The second-order valence-electron chi connectivity index (χ2n) is 6.16. The monoisotopic (exact) mass is 331 g/mol. The lowest BCUT2D eigenvalue weighted by atomic mass is 9.94. The van der Waals surface area contributed by atoms with Gasteiger partial charge in [-0.15, -0.1) is 0 Å². The van der Waals surface area contributed by atoms with Gasteiger partial charge >= 0.3 is 0 Å². The second kappa shape index (κ2) is 6.75. The maximum Gasteiger partial charge on any atom is 0.224 e. The van der Waals surface area contributed by atoms with Gasteiger partial charge in [-0.3, -0.25) is 4.79 Å². The van der Waals surface area contributed by atoms with E-state index in [1.807, 2.05) is 37.4 Å². The summed E-state index contributed by atoms with van der Waals surface area (Å²) in [6.07, 6.45) is 4.39. The molecule has 0 spiro atoms. The standard InChI is InChI=1S/C18H22ClN3O/c1-3-17(13-4-6-15(19)7-5-13)21-18(23)14-8-9-22-12(2)20-11-16(22)10-14/h4-7,11,14,17H,3,8-10H2,1-2H3,(H,21,23). The Morgan fingerprint density at radius 1 is 1.43 bits per heavy atom. The van der Waals surface area contributed by atoms with E-state index in [2.05, 4.69) is 21.8 Å². The largest absolute Gasteiger partial charge is 0.349 e. The molecule has 1 amide bonds. The van der Waals surface area contributed by atoms with Gasteiger partial charge in [0, 0.05) is 35.8 Å². The first kappa shape index (κ1) is 16.1. The van der Waals surface area contributed by atoms with Crippen molar-refractivity contribution in [3.63, 3.8) is 0 Å². The molecule has 1 aliphatic heterocycles. The number of fused-ring (bicyclic) bond motifs is 1. The lowest BCUT2D eigenvalue weighted by Crippen LogP contribution is -2.37. The molecule has 0 saturated heterocycles. The molecule has 5 heteroatoms. The normalized spacial score (nSPS) is 18.3. The Labute approximate surface area is 141 Å². The van der Waals surface area contributed by atoms with E-state index in [1.54, 1.807) is 0 Å². The number of aryl methyl sites for hydroxylation is 1. The molecular weight excluding hydrogens is 310 g/mol. The lowest BCUT2D eigenvalue weighted by Gasteiger charge is -2.26. The minimum Gasteiger partial charge on any atom is -0.349 e. The summed E-state index contributed by atoms with van der Waals surface area (Å²) >= 11 is 5.94. The van der Waals surface area contributed by atoms with Crippen molar-refractivity contribution >= 4 is 17.5 Å². The summed E-state index contributed by atoms with van der Waals surface area (Å²) in [5, 5.41) is 3.91. The Kier molecular flexibility index (Phi) is 4.71. The van der Waals surface area contributed by atoms with E-state index in [0.717, 1.165) is 42.9 Å². The van der Waals surface area contributed by atoms with Crippen molar-refractivity contribution in [3.8, 4) is 0 Å². The first-order chi connectivity index (χ1) is 11.1. The van der Waals surface area contributed by atoms with Crippen LogP contribution in [-0.2, 0) is 17.8 Å². The van der Waals surface area contributed by atoms with Gasteiger partial charge in [-0.05, 0) is 37.5 Å². The lowest BCUT2D eigenvalue weighted by molar-refractivity contribution is -0.126. The molecule has 2 unspecified atom stereocenters. The van der Waals surface area contributed by atoms with E-state index in [4.69, 9.17) is 11.6 Å². The fourth-order valence-corrected chi connectivity index (χ4v) is 3.38. The highest BCUT2D eigenvalue weighted by Gasteiger charge is 2.27. The van der Waals surface area contributed by atoms with Crippen LogP contribution in [0, 0.1) is 12.8 Å². The molecule has 23 heavy (non-hydrogen) atoms. The number of nitrogens with one attached hydrogen (secondary N) is 1. The number of benzene rings is 1. The first-order valence-corrected chi connectivity index (χ1v) is 8.53. The van der Waals surface area contributed by atoms with Gasteiger partial charge in [0.05, 0.1) is 6.04 Å². The van der Waals surface area contributed by atoms with Crippen molar-refractivity contribution in [1.29, 1.82) is 0 Å². The zero-order chi connectivity index (χ0) is 16.4. The number of imidazole rings is 1. The van der Waals surface area contributed by atoms with Crippen LogP contribution in [0.1, 0.15) is 42.9 Å². The van der Waals surface area contributed by atoms with Crippen LogP contribution in [0.3, 0.4) is 0 Å². The third kappa shape index (κ3) is 3.42. The number of aromatic nitrogens is 2. The highest BCUT2D eigenvalue weighted by Crippen LogP contribution is 2.24. The van der Waals surface area contributed by atoms with Crippen LogP contribution < -0.4 is 5.32 Å². The van der Waals surface area contributed by atoms with Gasteiger partial charge in [0.25, 0.3) is 0 Å². The molecule has 1 aliphatic rings. The van der Waals surface area contributed by atoms with Gasteiger partial charge in [0.15, 0.2) is 0 Å². The third-order valence-corrected chi connectivity index (χ3v) is 4.91. The van der Waals surface area contributed by atoms with Crippen LogP contribution in [0.5, 0.6) is 0 Å². The topological polar surface area (TPSA) is 46.9 Å². The summed E-state index contributed by atoms with van der Waals surface area (Å²) in [5.74, 6) is 1.20. The predicted octanol–water partition coefficient (Wildman–Crippen LogP) is 3.67. The van der Waals surface area contributed by atoms with E-state index in [9.17, 15) is 4.79 Å². The SMILES string of the molecule is CCC(NC(=O)C1CCn2c(cnc2C)C1)c1ccc(Cl)cc1. The summed E-state index contributed by atoms with van der Waals surface area (Å²) in [4.78, 5) is 17.0. The van der Waals surface area contributed by atoms with Crippen LogP contribution in [-0.4, -0.2) is 15.5 Å². The highest BCUT2D eigenvalue weighted by atomic mass is 35.5. The molecule has 2 aromatic rings. The molecule has 1 aromatic heterocycles. The van der Waals surface area contributed by atoms with Gasteiger partial charge in [0.1, 0.15) is 5.82 Å². The molecule has 2 atom stereocenters. The minimum atomic E-state index is 0.0277. The molecule has 0 aliphatic carbocycles. The number of hydrogen-bond donors (Lipinski definition) is 1. The molecule has 0 radical (unpaired) electrons. The third-order valence-electron chi connectivity index (χ3n) is 4.66. The summed E-state index contributed by atoms with van der Waals surface area (Å²) in [6.45, 7) is 4.97. The smallest absolute Gasteiger partial charge is 0.224 e. The Bertz CT molecular complexity index is 693. The molecule has 0 saturated carbocycles. The zero-order valence-corrected chi connectivity index (χ0v) is 14.3. The molecule has 0 bridgehead atoms. The highest BCUT2D eigenvalue weighted by molar-refractivity contribution is 6.30. The van der Waals surface area contributed by atoms with E-state index >= 15 is 0 Å². The van der Waals surface area contributed by atoms with Crippen LogP contribution in [0.15, 0.2) is 30.5 Å². The maximum absolute atomic E-state index is 12.7. The number of nitrogens with zero attached hydrogens (tertiary/aromatic N) is 2. The number of rotatable bonds is 4. The molecule has 1 aromatic carbocycles. The molecular formula is C18H22ClN3O. The van der Waals surface area contributed by atoms with E-state index < -0.39 is 0 Å². The van der Waals surface area contributed by atoms with Crippen LogP contribution >= 0.6 is 11.6 Å². The summed E-state index contributed by atoms with van der Waals surface area (Å²) < 4.78 is 2.21. The van der Waals surface area contributed by atoms with Crippen LogP contribution in [0.4, 0.5) is 0 Å². The van der Waals surface area contributed by atoms with Crippen molar-refractivity contribution in [1.82, 2.24) is 14.9 Å². The van der Waals surface area contributed by atoms with Crippen LogP contribution in [0.2, 0.25) is 5.02 Å². The maximum atomic E-state index is 12.7. The van der Waals surface area contributed by atoms with E-state index in [1.165, 1.54) is 0 Å². The first-order valence-electron chi connectivity index (χ1n) is 8.15. The van der Waals surface area contributed by atoms with Gasteiger partial charge < -0.3 is 9.88 Å². The predicted molar refractivity (Wildman–Crippen MR) is 91.4 cm³/mol. The van der Waals surface area contributed by atoms with Crippen molar-refractivity contribution < 1.29 is 4.79 Å². The summed E-state index contributed by atoms with van der Waals surface area (Å²) in [6, 6.07) is 7.74. The van der Waals surface area contributed by atoms with Crippen molar-refractivity contribution in [2.24, 2.45) is 5.92 Å². The Balaban J connectivity index is 1.67. The fraction of sp³-hybridized carbons (Fsp3) is 0.444. The Morgan fingerprint density at radius 2 is 2.17 bits per heavy atom. The Morgan fingerprint density at radius 3 is 2.87 bits per heavy atom. The van der Waals surface area contributed by atoms with E-state index in [-0.39, 0.29) is 17.9 Å². The van der Waals surface area contributed by atoms with Crippen molar-refractivity contribution in [3.05, 3.63) is 52.6 Å². The number of halogens is 1. The van der Waals surface area contributed by atoms with Crippen molar-refractivity contribution in [2.75, 3.05) is 0 Å². The summed E-state index contributed by atoms with van der Waals surface area (Å²) in [7, 11) is 0. The summed E-state index contributed by atoms with van der Waals surface area (Å²) in [5.41, 5.74) is 2.26. The van der Waals surface area contributed by atoms with Gasteiger partial charge in [-0.1, -0.05) is 30.7 Å². The van der Waals surface area contributed by atoms with Crippen molar-refractivity contribution in [2.45, 2.75) is 45.7 Å². The van der Waals surface area contributed by atoms with Gasteiger partial charge in [-0.25, -0.2) is 4.98 Å². The van der Waals surface area contributed by atoms with Gasteiger partial charge in [0.2, 0.25) is 5.91 Å². The number of amides is 1. The van der Waals surface area contributed by atoms with Crippen LogP contribution in [0.25, 0.3) is 0 Å². The Hall–Kier alpha value is -1.81. The zero-order valence-electron chi connectivity index (χ0n) is 13.6. The quantitative estimate of drug-likeness (QED) is 0.929. The molecule has 3 rings (SSSR count). The second-order valence-corrected chi connectivity index (χ2v) is 6.60. The molecule has 0 fully saturated rings. The average molecular weight is 332 g/mol. The molecule has 122 valence electrons. The number of hydrogen-bond acceptors (Lipinski definition) is 2. The minimum absolute atomic E-state index is 0.0277. The fourth-order valence-electron chi connectivity index (χ4n) is 3.25. The molecule has 4 nitrogen and oxygen atoms in total. The number of carbonyl (C=O) groups excluding carboxylic acids is 1. The van der Waals surface area contributed by atoms with Gasteiger partial charge in [-0.2, -0.15) is 0 Å². The average Bonchev–Trinajstić information content (AvgIpc) is 2.94. The van der Waals surface area contributed by atoms with E-state index in [0.29, 0.717) is 5.02 Å². The number of carbonyl (C=O) groups is 1. The molecule has 2 heterocycles.